The van der Waals surface area contributed by atoms with Gasteiger partial charge in [0, 0.05) is 28.7 Å². The van der Waals surface area contributed by atoms with Crippen molar-refractivity contribution in [2.75, 3.05) is 0 Å². The smallest absolute Gasteiger partial charge is 0.455 e. The van der Waals surface area contributed by atoms with Crippen molar-refractivity contribution in [2.45, 2.75) is 0 Å². The van der Waals surface area contributed by atoms with E-state index in [4.69, 9.17) is 9.52 Å². The number of halogens is 1. The lowest BCUT2D eigenvalue weighted by molar-refractivity contribution is 0.143. The molecule has 1 aromatic rings. The van der Waals surface area contributed by atoms with Gasteiger partial charge in [0.05, 0.1) is 6.26 Å². The molecule has 0 saturated carbocycles. The summed E-state index contributed by atoms with van der Waals surface area (Å²) in [5.41, 5.74) is 0. The van der Waals surface area contributed by atoms with E-state index in [1.807, 2.05) is 22.6 Å². The largest absolute Gasteiger partial charge is 0.511 e. The Bertz CT molecular complexity index is 242. The van der Waals surface area contributed by atoms with Crippen LogP contribution in [0.15, 0.2) is 16.7 Å². The van der Waals surface area contributed by atoms with E-state index in [0.29, 0.717) is 3.77 Å². The molecule has 0 aliphatic rings. The molecule has 0 spiro atoms. The summed E-state index contributed by atoms with van der Waals surface area (Å²) in [7, 11) is 0. The molecule has 1 aromatic heterocycles. The maximum Gasteiger partial charge on any atom is 0.511 e. The standard InChI is InChI=1S/C5H3IO4/c6-4-3(1-2-9-4)10-5(7)8/h1-2H,(H,7,8). The predicted molar refractivity (Wildman–Crippen MR) is 40.1 cm³/mol. The minimum absolute atomic E-state index is 0.230. The van der Waals surface area contributed by atoms with E-state index >= 15 is 0 Å². The summed E-state index contributed by atoms with van der Waals surface area (Å²) in [5, 5.41) is 8.14. The Morgan fingerprint density at radius 1 is 1.80 bits per heavy atom. The van der Waals surface area contributed by atoms with Crippen molar-refractivity contribution in [3.63, 3.8) is 0 Å². The number of carbonyl (C=O) groups is 1. The van der Waals surface area contributed by atoms with Crippen molar-refractivity contribution in [3.05, 3.63) is 16.1 Å². The van der Waals surface area contributed by atoms with Gasteiger partial charge >= 0.3 is 6.16 Å². The first-order chi connectivity index (χ1) is 4.70. The molecule has 1 heterocycles. The third kappa shape index (κ3) is 1.63. The average molecular weight is 254 g/mol. The topological polar surface area (TPSA) is 59.7 Å². The number of furan rings is 1. The van der Waals surface area contributed by atoms with Crippen molar-refractivity contribution in [1.82, 2.24) is 0 Å². The van der Waals surface area contributed by atoms with Crippen molar-refractivity contribution in [3.8, 4) is 5.75 Å². The fourth-order valence-electron chi connectivity index (χ4n) is 0.447. The minimum Gasteiger partial charge on any atom is -0.455 e. The quantitative estimate of drug-likeness (QED) is 0.614. The maximum absolute atomic E-state index is 9.95. The first-order valence-electron chi connectivity index (χ1n) is 2.34. The van der Waals surface area contributed by atoms with Crippen LogP contribution >= 0.6 is 22.6 Å². The summed E-state index contributed by atoms with van der Waals surface area (Å²) in [5.74, 6) is 0.230. The number of rotatable bonds is 1. The van der Waals surface area contributed by atoms with Gasteiger partial charge in [0.25, 0.3) is 0 Å². The Morgan fingerprint density at radius 2 is 2.50 bits per heavy atom. The minimum atomic E-state index is -1.33. The zero-order valence-corrected chi connectivity index (χ0v) is 6.86. The van der Waals surface area contributed by atoms with Gasteiger partial charge in [0.15, 0.2) is 5.75 Å². The van der Waals surface area contributed by atoms with E-state index in [1.165, 1.54) is 12.3 Å². The third-order valence-electron chi connectivity index (χ3n) is 0.782. The van der Waals surface area contributed by atoms with Gasteiger partial charge in [-0.25, -0.2) is 4.79 Å². The summed E-state index contributed by atoms with van der Waals surface area (Å²) in [6.07, 6.45) is 0.0272. The molecular weight excluding hydrogens is 251 g/mol. The van der Waals surface area contributed by atoms with E-state index in [0.717, 1.165) is 0 Å². The fraction of sp³-hybridized carbons (Fsp3) is 0. The molecule has 1 rings (SSSR count). The second-order valence-corrected chi connectivity index (χ2v) is 2.41. The summed E-state index contributed by atoms with van der Waals surface area (Å²) >= 11 is 1.83. The second-order valence-electron chi connectivity index (χ2n) is 1.43. The Morgan fingerprint density at radius 3 is 2.90 bits per heavy atom. The van der Waals surface area contributed by atoms with Crippen LogP contribution in [0.5, 0.6) is 5.75 Å². The van der Waals surface area contributed by atoms with E-state index in [2.05, 4.69) is 4.74 Å². The Hall–Kier alpha value is -0.720. The molecule has 0 saturated heterocycles. The van der Waals surface area contributed by atoms with Crippen LogP contribution in [0.25, 0.3) is 0 Å². The summed E-state index contributed by atoms with van der Waals surface area (Å²) in [4.78, 5) is 9.95. The van der Waals surface area contributed by atoms with Gasteiger partial charge in [-0.1, -0.05) is 0 Å². The van der Waals surface area contributed by atoms with Gasteiger partial charge < -0.3 is 14.3 Å². The van der Waals surface area contributed by atoms with Crippen LogP contribution in [-0.4, -0.2) is 11.3 Å². The molecule has 0 bridgehead atoms. The predicted octanol–water partition coefficient (Wildman–Crippen LogP) is 1.94. The van der Waals surface area contributed by atoms with E-state index in [-0.39, 0.29) is 5.75 Å². The van der Waals surface area contributed by atoms with E-state index in [1.54, 1.807) is 0 Å². The average Bonchev–Trinajstić information content (AvgIpc) is 2.15. The summed E-state index contributed by atoms with van der Waals surface area (Å²) < 4.78 is 9.49. The van der Waals surface area contributed by atoms with Crippen LogP contribution in [0.2, 0.25) is 0 Å². The molecule has 0 fully saturated rings. The van der Waals surface area contributed by atoms with Crippen LogP contribution < -0.4 is 4.74 Å². The highest BCUT2D eigenvalue weighted by Crippen LogP contribution is 2.21. The number of ether oxygens (including phenoxy) is 1. The molecule has 0 unspecified atom stereocenters. The molecule has 0 aliphatic carbocycles. The lowest BCUT2D eigenvalue weighted by Crippen LogP contribution is -2.02. The lowest BCUT2D eigenvalue weighted by atomic mass is 10.6. The fourth-order valence-corrected chi connectivity index (χ4v) is 0.884. The van der Waals surface area contributed by atoms with Crippen molar-refractivity contribution < 1.29 is 19.1 Å². The first-order valence-corrected chi connectivity index (χ1v) is 3.42. The van der Waals surface area contributed by atoms with Crippen molar-refractivity contribution >= 4 is 28.7 Å². The summed E-state index contributed by atoms with van der Waals surface area (Å²) in [6.45, 7) is 0. The van der Waals surface area contributed by atoms with Gasteiger partial charge in [-0.05, 0) is 0 Å². The normalized spacial score (nSPS) is 9.30. The molecule has 54 valence electrons. The SMILES string of the molecule is O=C(O)Oc1ccoc1I. The Kier molecular flexibility index (Phi) is 2.15. The molecular formula is C5H3IO4. The molecule has 1 N–H and O–H groups in total. The Labute approximate surface area is 69.9 Å². The van der Waals surface area contributed by atoms with Crippen LogP contribution in [0.3, 0.4) is 0 Å². The molecule has 0 atom stereocenters. The van der Waals surface area contributed by atoms with Crippen LogP contribution in [0, 0.1) is 3.77 Å². The van der Waals surface area contributed by atoms with Crippen LogP contribution in [0.1, 0.15) is 0 Å². The molecule has 10 heavy (non-hydrogen) atoms. The summed E-state index contributed by atoms with van der Waals surface area (Å²) in [6, 6.07) is 1.44. The first kappa shape index (κ1) is 7.39. The van der Waals surface area contributed by atoms with E-state index in [9.17, 15) is 4.79 Å². The van der Waals surface area contributed by atoms with Gasteiger partial charge in [-0.2, -0.15) is 0 Å². The third-order valence-corrected chi connectivity index (χ3v) is 1.57. The lowest BCUT2D eigenvalue weighted by Gasteiger charge is -1.92. The maximum atomic E-state index is 9.95. The highest BCUT2D eigenvalue weighted by Gasteiger charge is 2.06. The molecule has 0 radical (unpaired) electrons. The molecule has 0 amide bonds. The highest BCUT2D eigenvalue weighted by molar-refractivity contribution is 14.1. The highest BCUT2D eigenvalue weighted by atomic mass is 127. The van der Waals surface area contributed by atoms with Gasteiger partial charge in [-0.3, -0.25) is 0 Å². The number of carboxylic acid groups (broad SMARTS) is 1. The monoisotopic (exact) mass is 254 g/mol. The second kappa shape index (κ2) is 2.91. The number of hydrogen-bond acceptors (Lipinski definition) is 3. The van der Waals surface area contributed by atoms with Gasteiger partial charge in [0.2, 0.25) is 3.77 Å². The molecule has 0 aliphatic heterocycles. The van der Waals surface area contributed by atoms with E-state index < -0.39 is 6.16 Å². The number of hydrogen-bond donors (Lipinski definition) is 1. The zero-order valence-electron chi connectivity index (χ0n) is 4.70. The zero-order chi connectivity index (χ0) is 7.56. The molecule has 4 nitrogen and oxygen atoms in total. The van der Waals surface area contributed by atoms with Crippen LogP contribution in [0.4, 0.5) is 4.79 Å². The van der Waals surface area contributed by atoms with Crippen molar-refractivity contribution in [1.29, 1.82) is 0 Å². The van der Waals surface area contributed by atoms with Gasteiger partial charge in [0.1, 0.15) is 0 Å². The Balaban J connectivity index is 2.74. The molecule has 0 aromatic carbocycles. The van der Waals surface area contributed by atoms with Crippen molar-refractivity contribution in [2.24, 2.45) is 0 Å². The molecule has 5 heteroatoms. The van der Waals surface area contributed by atoms with Crippen LogP contribution in [-0.2, 0) is 0 Å². The van der Waals surface area contributed by atoms with Gasteiger partial charge in [-0.15, -0.1) is 0 Å².